The summed E-state index contributed by atoms with van der Waals surface area (Å²) in [7, 11) is 0. The van der Waals surface area contributed by atoms with E-state index in [9.17, 15) is 14.4 Å². The van der Waals surface area contributed by atoms with E-state index in [4.69, 9.17) is 18.9 Å². The molecule has 2 amide bonds. The van der Waals surface area contributed by atoms with Crippen molar-refractivity contribution in [1.29, 1.82) is 0 Å². The normalized spacial score (nSPS) is 11.8. The summed E-state index contributed by atoms with van der Waals surface area (Å²) in [6.07, 6.45) is 2.33. The fourth-order valence-electron chi connectivity index (χ4n) is 3.94. The minimum Gasteiger partial charge on any atom is -0.379 e. The molecule has 0 radical (unpaired) electrons. The van der Waals surface area contributed by atoms with Gasteiger partial charge in [0.1, 0.15) is 6.29 Å². The molecule has 1 N–H and O–H groups in total. The molecule has 2 aromatic rings. The van der Waals surface area contributed by atoms with Gasteiger partial charge in [0.05, 0.1) is 58.5 Å². The number of benzene rings is 2. The maximum absolute atomic E-state index is 13.2. The third-order valence-electron chi connectivity index (χ3n) is 6.03. The molecule has 1 aliphatic rings. The first-order valence-corrected chi connectivity index (χ1v) is 13.7. The van der Waals surface area contributed by atoms with Crippen LogP contribution in [0.3, 0.4) is 0 Å². The molecule has 1 aliphatic heterocycles. The van der Waals surface area contributed by atoms with Crippen LogP contribution in [0.15, 0.2) is 48.5 Å². The third-order valence-corrected chi connectivity index (χ3v) is 6.03. The summed E-state index contributed by atoms with van der Waals surface area (Å²) < 4.78 is 21.6. The Hall–Kier alpha value is -3.55. The van der Waals surface area contributed by atoms with Crippen molar-refractivity contribution in [1.82, 2.24) is 5.32 Å². The Morgan fingerprint density at radius 3 is 2.10 bits per heavy atom. The summed E-state index contributed by atoms with van der Waals surface area (Å²) in [5, 5.41) is 2.80. The lowest BCUT2D eigenvalue weighted by Gasteiger charge is -2.26. The van der Waals surface area contributed by atoms with Crippen LogP contribution in [0.4, 0.5) is 5.69 Å². The number of nitrogens with one attached hydrogen (secondary N) is 1. The smallest absolute Gasteiger partial charge is 0.227 e. The number of fused-ring (bicyclic) bond motifs is 2. The first kappa shape index (κ1) is 31.0. The molecular formula is C31H38N2O7. The molecule has 214 valence electrons. The number of hydrogen-bond acceptors (Lipinski definition) is 7. The molecule has 0 spiro atoms. The molecule has 0 atom stereocenters. The number of ether oxygens (including phenoxy) is 4. The van der Waals surface area contributed by atoms with Gasteiger partial charge in [-0.2, -0.15) is 0 Å². The Morgan fingerprint density at radius 1 is 0.775 bits per heavy atom. The van der Waals surface area contributed by atoms with E-state index in [1.807, 2.05) is 48.5 Å². The van der Waals surface area contributed by atoms with Gasteiger partial charge in [0.25, 0.3) is 0 Å². The second-order valence-corrected chi connectivity index (χ2v) is 9.01. The summed E-state index contributed by atoms with van der Waals surface area (Å²) in [4.78, 5) is 37.4. The van der Waals surface area contributed by atoms with Gasteiger partial charge in [-0.05, 0) is 30.2 Å². The lowest BCUT2D eigenvalue weighted by atomic mass is 10.0. The summed E-state index contributed by atoms with van der Waals surface area (Å²) in [6, 6.07) is 15.4. The van der Waals surface area contributed by atoms with E-state index in [-0.39, 0.29) is 24.7 Å². The van der Waals surface area contributed by atoms with Crippen LogP contribution in [-0.4, -0.2) is 77.5 Å². The lowest BCUT2D eigenvalue weighted by molar-refractivity contribution is -0.125. The van der Waals surface area contributed by atoms with Crippen molar-refractivity contribution in [3.63, 3.8) is 0 Å². The number of rotatable bonds is 19. The molecule has 9 nitrogen and oxygen atoms in total. The van der Waals surface area contributed by atoms with Gasteiger partial charge in [0.2, 0.25) is 11.8 Å². The van der Waals surface area contributed by atoms with Crippen molar-refractivity contribution in [2.45, 2.75) is 32.2 Å². The van der Waals surface area contributed by atoms with Crippen LogP contribution in [0.1, 0.15) is 42.4 Å². The number of amides is 2. The van der Waals surface area contributed by atoms with Crippen LogP contribution in [0.5, 0.6) is 0 Å². The van der Waals surface area contributed by atoms with Crippen molar-refractivity contribution >= 4 is 23.8 Å². The highest BCUT2D eigenvalue weighted by Crippen LogP contribution is 2.26. The maximum atomic E-state index is 13.2. The number of nitrogens with zero attached hydrogens (tertiary/aromatic N) is 1. The first-order chi connectivity index (χ1) is 19.7. The Balaban J connectivity index is 1.25. The zero-order valence-electron chi connectivity index (χ0n) is 22.9. The van der Waals surface area contributed by atoms with Gasteiger partial charge in [-0.25, -0.2) is 0 Å². The number of hydrogen-bond donors (Lipinski definition) is 1. The van der Waals surface area contributed by atoms with Crippen LogP contribution in [0.25, 0.3) is 0 Å². The molecule has 0 saturated carbocycles. The largest absolute Gasteiger partial charge is 0.379 e. The second-order valence-electron chi connectivity index (χ2n) is 9.01. The molecule has 0 bridgehead atoms. The van der Waals surface area contributed by atoms with Gasteiger partial charge in [-0.15, -0.1) is 0 Å². The highest BCUT2D eigenvalue weighted by atomic mass is 16.6. The van der Waals surface area contributed by atoms with Crippen molar-refractivity contribution in [3.8, 4) is 11.8 Å². The van der Waals surface area contributed by atoms with E-state index in [0.29, 0.717) is 72.4 Å². The van der Waals surface area contributed by atoms with Gasteiger partial charge in [0, 0.05) is 43.5 Å². The van der Waals surface area contributed by atoms with E-state index in [1.165, 1.54) is 0 Å². The average Bonchev–Trinajstić information content (AvgIpc) is 2.97. The van der Waals surface area contributed by atoms with Crippen LogP contribution in [0.2, 0.25) is 0 Å². The molecule has 2 aromatic carbocycles. The quantitative estimate of drug-likeness (QED) is 0.163. The van der Waals surface area contributed by atoms with Crippen LogP contribution >= 0.6 is 0 Å². The van der Waals surface area contributed by atoms with Crippen molar-refractivity contribution in [2.24, 2.45) is 0 Å². The fraction of sp³-hybridized carbons (Fsp3) is 0.452. The maximum Gasteiger partial charge on any atom is 0.227 e. The molecular weight excluding hydrogens is 512 g/mol. The van der Waals surface area contributed by atoms with Gasteiger partial charge in [-0.3, -0.25) is 9.59 Å². The molecule has 40 heavy (non-hydrogen) atoms. The van der Waals surface area contributed by atoms with Crippen LogP contribution < -0.4 is 10.2 Å². The zero-order valence-corrected chi connectivity index (χ0v) is 22.9. The average molecular weight is 551 g/mol. The van der Waals surface area contributed by atoms with Gasteiger partial charge in [-0.1, -0.05) is 42.2 Å². The van der Waals surface area contributed by atoms with E-state index in [0.717, 1.165) is 35.1 Å². The number of carbonyl (C=O) groups is 3. The standard InChI is InChI=1S/C31H38N2O7/c34-16-5-6-17-37-19-21-39-23-24-40-22-20-38-18-15-32-30(35)13-14-31(36)33-25-28-9-2-1-7-26(28)11-12-27-8-3-4-10-29(27)33/h1-4,7-10,16H,5-6,13-15,17-25H2,(H,32,35). The Labute approximate surface area is 236 Å². The predicted molar refractivity (Wildman–Crippen MR) is 151 cm³/mol. The van der Waals surface area contributed by atoms with Gasteiger partial charge >= 0.3 is 0 Å². The molecule has 9 heteroatoms. The molecule has 0 unspecified atom stereocenters. The number of carbonyl (C=O) groups excluding carboxylic acids is 3. The SMILES string of the molecule is O=CCCCOCCOCCOCCOCCNC(=O)CCC(=O)N1Cc2ccccc2C#Cc2ccccc21. The highest BCUT2D eigenvalue weighted by molar-refractivity contribution is 5.96. The molecule has 3 rings (SSSR count). The highest BCUT2D eigenvalue weighted by Gasteiger charge is 2.21. The topological polar surface area (TPSA) is 103 Å². The van der Waals surface area contributed by atoms with E-state index in [2.05, 4.69) is 17.2 Å². The van der Waals surface area contributed by atoms with Crippen molar-refractivity contribution in [3.05, 3.63) is 65.2 Å². The summed E-state index contributed by atoms with van der Waals surface area (Å²) in [5.74, 6) is 6.06. The molecule has 1 heterocycles. The van der Waals surface area contributed by atoms with Crippen LogP contribution in [0, 0.1) is 11.8 Å². The van der Waals surface area contributed by atoms with Crippen molar-refractivity contribution < 1.29 is 33.3 Å². The third kappa shape index (κ3) is 11.3. The van der Waals surface area contributed by atoms with E-state index < -0.39 is 0 Å². The van der Waals surface area contributed by atoms with Gasteiger partial charge < -0.3 is 34.0 Å². The number of aldehydes is 1. The Kier molecular flexibility index (Phi) is 14.5. The van der Waals surface area contributed by atoms with E-state index in [1.54, 1.807) is 4.90 Å². The molecule has 0 fully saturated rings. The monoisotopic (exact) mass is 550 g/mol. The van der Waals surface area contributed by atoms with Crippen LogP contribution in [-0.2, 0) is 39.9 Å². The minimum atomic E-state index is -0.196. The molecule has 0 aromatic heterocycles. The van der Waals surface area contributed by atoms with Gasteiger partial charge in [0.15, 0.2) is 0 Å². The summed E-state index contributed by atoms with van der Waals surface area (Å²) >= 11 is 0. The minimum absolute atomic E-state index is 0.0950. The summed E-state index contributed by atoms with van der Waals surface area (Å²) in [5.41, 5.74) is 3.42. The zero-order chi connectivity index (χ0) is 28.3. The van der Waals surface area contributed by atoms with Crippen molar-refractivity contribution in [2.75, 3.05) is 64.3 Å². The summed E-state index contributed by atoms with van der Waals surface area (Å²) in [6.45, 7) is 4.43. The molecule has 0 saturated heterocycles. The lowest BCUT2D eigenvalue weighted by Crippen LogP contribution is -2.34. The van der Waals surface area contributed by atoms with E-state index >= 15 is 0 Å². The number of unbranched alkanes of at least 4 members (excludes halogenated alkanes) is 1. The fourth-order valence-corrected chi connectivity index (χ4v) is 3.94. The Bertz CT molecular complexity index is 1140. The molecule has 0 aliphatic carbocycles. The second kappa shape index (κ2) is 18.7. The number of anilines is 1. The number of para-hydroxylation sites is 1. The Morgan fingerprint density at radius 2 is 1.38 bits per heavy atom. The predicted octanol–water partition coefficient (Wildman–Crippen LogP) is 2.87. The first-order valence-electron chi connectivity index (χ1n) is 13.7.